The maximum atomic E-state index is 10.8. The van der Waals surface area contributed by atoms with Gasteiger partial charge in [0.1, 0.15) is 23.3 Å². The van der Waals surface area contributed by atoms with Crippen LogP contribution in [0.5, 0.6) is 5.75 Å². The van der Waals surface area contributed by atoms with Gasteiger partial charge in [0.15, 0.2) is 5.75 Å². The molecule has 0 saturated heterocycles. The highest BCUT2D eigenvalue weighted by Crippen LogP contribution is 2.35. The lowest BCUT2D eigenvalue weighted by molar-refractivity contribution is 0.199. The third kappa shape index (κ3) is 2.33. The van der Waals surface area contributed by atoms with Crippen LogP contribution in [0, 0.1) is 20.8 Å². The molecule has 0 amide bonds. The van der Waals surface area contributed by atoms with Crippen LogP contribution in [0.1, 0.15) is 47.8 Å². The molecule has 2 heterocycles. The van der Waals surface area contributed by atoms with Crippen molar-refractivity contribution in [1.29, 1.82) is 0 Å². The van der Waals surface area contributed by atoms with Crippen molar-refractivity contribution in [1.82, 2.24) is 9.78 Å². The van der Waals surface area contributed by atoms with Crippen LogP contribution in [-0.2, 0) is 6.54 Å². The topological polar surface area (TPSA) is 60.4 Å². The molecule has 0 saturated carbocycles. The Morgan fingerprint density at radius 1 is 1.35 bits per heavy atom. The van der Waals surface area contributed by atoms with E-state index >= 15 is 0 Å². The standard InChI is InChI=1S/C15H22N2O3/c1-6-7-17-14(12(19-5)8-16-17)15(18)13-9(2)10(3)20-11(13)4/h8,15,18H,6-7H2,1-5H3. The third-order valence-corrected chi connectivity index (χ3v) is 3.65. The molecule has 1 atom stereocenters. The van der Waals surface area contributed by atoms with Crippen LogP contribution in [0.2, 0.25) is 0 Å². The zero-order valence-electron chi connectivity index (χ0n) is 12.7. The van der Waals surface area contributed by atoms with E-state index in [9.17, 15) is 5.11 Å². The lowest BCUT2D eigenvalue weighted by Crippen LogP contribution is -2.12. The molecule has 0 spiro atoms. The second kappa shape index (κ2) is 5.71. The number of ether oxygens (including phenoxy) is 1. The van der Waals surface area contributed by atoms with E-state index in [1.54, 1.807) is 18.0 Å². The van der Waals surface area contributed by atoms with Crippen LogP contribution in [-0.4, -0.2) is 22.0 Å². The van der Waals surface area contributed by atoms with Gasteiger partial charge in [0, 0.05) is 12.1 Å². The van der Waals surface area contributed by atoms with Gasteiger partial charge in [-0.2, -0.15) is 5.10 Å². The van der Waals surface area contributed by atoms with E-state index in [0.29, 0.717) is 11.4 Å². The van der Waals surface area contributed by atoms with Crippen molar-refractivity contribution in [2.75, 3.05) is 7.11 Å². The molecule has 0 aliphatic heterocycles. The molecule has 110 valence electrons. The number of hydrogen-bond acceptors (Lipinski definition) is 4. The summed E-state index contributed by atoms with van der Waals surface area (Å²) >= 11 is 0. The van der Waals surface area contributed by atoms with Crippen LogP contribution >= 0.6 is 0 Å². The Morgan fingerprint density at radius 3 is 2.55 bits per heavy atom. The van der Waals surface area contributed by atoms with Crippen LogP contribution in [0.3, 0.4) is 0 Å². The van der Waals surface area contributed by atoms with Crippen molar-refractivity contribution in [2.45, 2.75) is 46.8 Å². The summed E-state index contributed by atoms with van der Waals surface area (Å²) in [6.45, 7) is 8.54. The number of methoxy groups -OCH3 is 1. The van der Waals surface area contributed by atoms with Gasteiger partial charge in [-0.3, -0.25) is 4.68 Å². The molecule has 0 fully saturated rings. The first-order valence-corrected chi connectivity index (χ1v) is 6.85. The Labute approximate surface area is 119 Å². The molecule has 0 aliphatic carbocycles. The summed E-state index contributed by atoms with van der Waals surface area (Å²) in [5.74, 6) is 2.17. The van der Waals surface area contributed by atoms with Crippen molar-refractivity contribution in [2.24, 2.45) is 0 Å². The Morgan fingerprint density at radius 2 is 2.05 bits per heavy atom. The summed E-state index contributed by atoms with van der Waals surface area (Å²) in [6.07, 6.45) is 1.79. The van der Waals surface area contributed by atoms with E-state index in [4.69, 9.17) is 9.15 Å². The largest absolute Gasteiger partial charge is 0.493 e. The minimum Gasteiger partial charge on any atom is -0.493 e. The fourth-order valence-electron chi connectivity index (χ4n) is 2.55. The summed E-state index contributed by atoms with van der Waals surface area (Å²) < 4.78 is 12.7. The third-order valence-electron chi connectivity index (χ3n) is 3.65. The highest BCUT2D eigenvalue weighted by atomic mass is 16.5. The van der Waals surface area contributed by atoms with Crippen molar-refractivity contribution >= 4 is 0 Å². The van der Waals surface area contributed by atoms with Gasteiger partial charge in [0.05, 0.1) is 13.3 Å². The molecule has 0 aliphatic rings. The molecule has 1 N–H and O–H groups in total. The van der Waals surface area contributed by atoms with Gasteiger partial charge in [-0.15, -0.1) is 0 Å². The van der Waals surface area contributed by atoms with E-state index in [1.165, 1.54) is 0 Å². The number of aryl methyl sites for hydroxylation is 3. The minimum atomic E-state index is -0.795. The number of hydrogen-bond donors (Lipinski definition) is 1. The smallest absolute Gasteiger partial charge is 0.163 e. The molecular weight excluding hydrogens is 256 g/mol. The van der Waals surface area contributed by atoms with E-state index in [2.05, 4.69) is 12.0 Å². The van der Waals surface area contributed by atoms with Gasteiger partial charge in [-0.25, -0.2) is 0 Å². The van der Waals surface area contributed by atoms with Gasteiger partial charge in [0.25, 0.3) is 0 Å². The molecule has 5 nitrogen and oxygen atoms in total. The van der Waals surface area contributed by atoms with Gasteiger partial charge < -0.3 is 14.3 Å². The average Bonchev–Trinajstić information content (AvgIpc) is 2.91. The zero-order valence-corrected chi connectivity index (χ0v) is 12.7. The molecule has 2 rings (SSSR count). The summed E-state index contributed by atoms with van der Waals surface area (Å²) in [5, 5.41) is 15.1. The van der Waals surface area contributed by atoms with E-state index in [-0.39, 0.29) is 0 Å². The normalized spacial score (nSPS) is 12.7. The first-order chi connectivity index (χ1) is 9.51. The van der Waals surface area contributed by atoms with Gasteiger partial charge in [-0.05, 0) is 32.8 Å². The molecule has 20 heavy (non-hydrogen) atoms. The van der Waals surface area contributed by atoms with E-state index in [0.717, 1.165) is 35.6 Å². The highest BCUT2D eigenvalue weighted by molar-refractivity contribution is 5.41. The average molecular weight is 278 g/mol. The summed E-state index contributed by atoms with van der Waals surface area (Å²) in [7, 11) is 1.59. The van der Waals surface area contributed by atoms with Crippen molar-refractivity contribution < 1.29 is 14.3 Å². The first-order valence-electron chi connectivity index (χ1n) is 6.85. The maximum Gasteiger partial charge on any atom is 0.163 e. The SMILES string of the molecule is CCCn1ncc(OC)c1C(O)c1c(C)oc(C)c1C. The van der Waals surface area contributed by atoms with E-state index < -0.39 is 6.10 Å². The Balaban J connectivity index is 2.52. The molecule has 0 bridgehead atoms. The Kier molecular flexibility index (Phi) is 4.18. The van der Waals surface area contributed by atoms with Gasteiger partial charge in [-0.1, -0.05) is 6.92 Å². The first kappa shape index (κ1) is 14.7. The Bertz CT molecular complexity index is 599. The van der Waals surface area contributed by atoms with E-state index in [1.807, 2.05) is 20.8 Å². The molecular formula is C15H22N2O3. The molecule has 2 aromatic rings. The lowest BCUT2D eigenvalue weighted by atomic mass is 10.0. The fourth-order valence-corrected chi connectivity index (χ4v) is 2.55. The number of nitrogens with zero attached hydrogens (tertiary/aromatic N) is 2. The van der Waals surface area contributed by atoms with Crippen molar-refractivity contribution in [3.05, 3.63) is 34.5 Å². The monoisotopic (exact) mass is 278 g/mol. The van der Waals surface area contributed by atoms with Crippen LogP contribution in [0.15, 0.2) is 10.6 Å². The maximum absolute atomic E-state index is 10.8. The number of aliphatic hydroxyl groups is 1. The molecule has 5 heteroatoms. The number of aromatic nitrogens is 2. The van der Waals surface area contributed by atoms with Gasteiger partial charge in [0.2, 0.25) is 0 Å². The van der Waals surface area contributed by atoms with Crippen LogP contribution < -0.4 is 4.74 Å². The Hall–Kier alpha value is -1.75. The number of rotatable bonds is 5. The predicted octanol–water partition coefficient (Wildman–Crippen LogP) is 2.90. The molecule has 0 aromatic carbocycles. The zero-order chi connectivity index (χ0) is 14.9. The van der Waals surface area contributed by atoms with Crippen LogP contribution in [0.25, 0.3) is 0 Å². The summed E-state index contributed by atoms with van der Waals surface area (Å²) in [4.78, 5) is 0. The predicted molar refractivity (Wildman–Crippen MR) is 76.1 cm³/mol. The fraction of sp³-hybridized carbons (Fsp3) is 0.533. The molecule has 2 aromatic heterocycles. The number of aliphatic hydroxyl groups excluding tert-OH is 1. The van der Waals surface area contributed by atoms with Crippen molar-refractivity contribution in [3.8, 4) is 5.75 Å². The number of furan rings is 1. The lowest BCUT2D eigenvalue weighted by Gasteiger charge is -2.15. The molecule has 0 radical (unpaired) electrons. The highest BCUT2D eigenvalue weighted by Gasteiger charge is 2.27. The van der Waals surface area contributed by atoms with Gasteiger partial charge >= 0.3 is 0 Å². The second-order valence-corrected chi connectivity index (χ2v) is 4.98. The summed E-state index contributed by atoms with van der Waals surface area (Å²) in [6, 6.07) is 0. The quantitative estimate of drug-likeness (QED) is 0.913. The van der Waals surface area contributed by atoms with Crippen LogP contribution in [0.4, 0.5) is 0 Å². The van der Waals surface area contributed by atoms with Crippen molar-refractivity contribution in [3.63, 3.8) is 0 Å². The molecule has 1 unspecified atom stereocenters. The second-order valence-electron chi connectivity index (χ2n) is 4.98. The summed E-state index contributed by atoms with van der Waals surface area (Å²) in [5.41, 5.74) is 2.46. The minimum absolute atomic E-state index is 0.601.